The fourth-order valence-electron chi connectivity index (χ4n) is 2.40. The summed E-state index contributed by atoms with van der Waals surface area (Å²) < 4.78 is 14.9. The molecule has 128 valence electrons. The van der Waals surface area contributed by atoms with Gasteiger partial charge in [0.05, 0.1) is 17.4 Å². The van der Waals surface area contributed by atoms with Gasteiger partial charge in [0.25, 0.3) is 0 Å². The Morgan fingerprint density at radius 2 is 1.96 bits per heavy atom. The standard InChI is InChI=1S/C17H11FN6O2/c18-11-2-1-3-13(8-11)24-15-14(22-23-24)9-19-17(21-15)20-12-6-4-10(5-7-12)16(25)26/h1-9H,(H,25,26)(H,19,20,21). The number of benzene rings is 2. The molecular weight excluding hydrogens is 339 g/mol. The Balaban J connectivity index is 1.68. The van der Waals surface area contributed by atoms with Crippen LogP contribution in [0.2, 0.25) is 0 Å². The first-order chi connectivity index (χ1) is 12.6. The fraction of sp³-hybridized carbons (Fsp3) is 0. The van der Waals surface area contributed by atoms with Gasteiger partial charge in [0.2, 0.25) is 5.95 Å². The lowest BCUT2D eigenvalue weighted by Gasteiger charge is -2.06. The molecule has 0 unspecified atom stereocenters. The molecule has 2 heterocycles. The molecule has 4 aromatic rings. The molecule has 26 heavy (non-hydrogen) atoms. The molecule has 9 heteroatoms. The third kappa shape index (κ3) is 2.93. The first kappa shape index (κ1) is 15.6. The number of aromatic nitrogens is 5. The Morgan fingerprint density at radius 3 is 2.69 bits per heavy atom. The van der Waals surface area contributed by atoms with Crippen LogP contribution in [-0.2, 0) is 0 Å². The fourth-order valence-corrected chi connectivity index (χ4v) is 2.40. The molecule has 0 amide bonds. The highest BCUT2D eigenvalue weighted by Gasteiger charge is 2.11. The van der Waals surface area contributed by atoms with Crippen molar-refractivity contribution in [3.05, 3.63) is 66.1 Å². The summed E-state index contributed by atoms with van der Waals surface area (Å²) in [5.41, 5.74) is 2.17. The minimum Gasteiger partial charge on any atom is -0.478 e. The number of nitrogens with zero attached hydrogens (tertiary/aromatic N) is 5. The van der Waals surface area contributed by atoms with Crippen LogP contribution in [0.25, 0.3) is 16.9 Å². The number of carboxylic acid groups (broad SMARTS) is 1. The van der Waals surface area contributed by atoms with Crippen LogP contribution < -0.4 is 5.32 Å². The van der Waals surface area contributed by atoms with Gasteiger partial charge in [-0.2, -0.15) is 9.67 Å². The van der Waals surface area contributed by atoms with Crippen molar-refractivity contribution in [3.8, 4) is 5.69 Å². The lowest BCUT2D eigenvalue weighted by atomic mass is 10.2. The van der Waals surface area contributed by atoms with Gasteiger partial charge in [0.1, 0.15) is 5.82 Å². The monoisotopic (exact) mass is 350 g/mol. The van der Waals surface area contributed by atoms with E-state index in [1.165, 1.54) is 35.1 Å². The number of halogens is 1. The second-order valence-corrected chi connectivity index (χ2v) is 5.39. The number of rotatable bonds is 4. The van der Waals surface area contributed by atoms with Crippen LogP contribution in [0.4, 0.5) is 16.0 Å². The number of hydrogen-bond acceptors (Lipinski definition) is 6. The van der Waals surface area contributed by atoms with Gasteiger partial charge in [-0.1, -0.05) is 11.3 Å². The van der Waals surface area contributed by atoms with E-state index in [1.54, 1.807) is 24.3 Å². The van der Waals surface area contributed by atoms with E-state index >= 15 is 0 Å². The molecular formula is C17H11FN6O2. The van der Waals surface area contributed by atoms with Crippen molar-refractivity contribution in [1.82, 2.24) is 25.0 Å². The Labute approximate surface area is 145 Å². The van der Waals surface area contributed by atoms with Crippen molar-refractivity contribution in [3.63, 3.8) is 0 Å². The molecule has 2 N–H and O–H groups in total. The largest absolute Gasteiger partial charge is 0.478 e. The van der Waals surface area contributed by atoms with Gasteiger partial charge in [-0.3, -0.25) is 0 Å². The van der Waals surface area contributed by atoms with E-state index in [9.17, 15) is 9.18 Å². The van der Waals surface area contributed by atoms with Gasteiger partial charge in [-0.25, -0.2) is 14.2 Å². The van der Waals surface area contributed by atoms with Crippen LogP contribution >= 0.6 is 0 Å². The van der Waals surface area contributed by atoms with Crippen molar-refractivity contribution in [2.45, 2.75) is 0 Å². The zero-order valence-electron chi connectivity index (χ0n) is 13.2. The molecule has 0 aliphatic carbocycles. The molecule has 0 spiro atoms. The van der Waals surface area contributed by atoms with Crippen LogP contribution in [0.3, 0.4) is 0 Å². The van der Waals surface area contributed by atoms with Crippen LogP contribution in [0.15, 0.2) is 54.7 Å². The topological polar surface area (TPSA) is 106 Å². The normalized spacial score (nSPS) is 10.8. The number of hydrogen-bond donors (Lipinski definition) is 2. The van der Waals surface area contributed by atoms with E-state index in [1.807, 2.05) is 0 Å². The lowest BCUT2D eigenvalue weighted by molar-refractivity contribution is 0.0697. The molecule has 0 radical (unpaired) electrons. The number of anilines is 2. The van der Waals surface area contributed by atoms with E-state index in [0.29, 0.717) is 22.5 Å². The van der Waals surface area contributed by atoms with Crippen molar-refractivity contribution in [2.75, 3.05) is 5.32 Å². The number of nitrogens with one attached hydrogen (secondary N) is 1. The molecule has 0 saturated heterocycles. The first-order valence-corrected chi connectivity index (χ1v) is 7.55. The van der Waals surface area contributed by atoms with Gasteiger partial charge in [0, 0.05) is 5.69 Å². The summed E-state index contributed by atoms with van der Waals surface area (Å²) in [7, 11) is 0. The summed E-state index contributed by atoms with van der Waals surface area (Å²) in [4.78, 5) is 19.4. The van der Waals surface area contributed by atoms with Gasteiger partial charge in [-0.15, -0.1) is 5.10 Å². The van der Waals surface area contributed by atoms with E-state index in [0.717, 1.165) is 0 Å². The first-order valence-electron chi connectivity index (χ1n) is 7.55. The van der Waals surface area contributed by atoms with Crippen LogP contribution in [0.1, 0.15) is 10.4 Å². The molecule has 0 aliphatic heterocycles. The minimum absolute atomic E-state index is 0.181. The molecule has 0 fully saturated rings. The zero-order chi connectivity index (χ0) is 18.1. The molecule has 0 aliphatic rings. The highest BCUT2D eigenvalue weighted by molar-refractivity contribution is 5.88. The quantitative estimate of drug-likeness (QED) is 0.583. The number of aromatic carboxylic acids is 1. The smallest absolute Gasteiger partial charge is 0.335 e. The molecule has 0 saturated carbocycles. The zero-order valence-corrected chi connectivity index (χ0v) is 13.2. The SMILES string of the molecule is O=C(O)c1ccc(Nc2ncc3nnn(-c4cccc(F)c4)c3n2)cc1. The summed E-state index contributed by atoms with van der Waals surface area (Å²) in [6.07, 6.45) is 1.50. The predicted molar refractivity (Wildman–Crippen MR) is 91.1 cm³/mol. The maximum atomic E-state index is 13.5. The van der Waals surface area contributed by atoms with E-state index in [-0.39, 0.29) is 11.5 Å². The summed E-state index contributed by atoms with van der Waals surface area (Å²) in [6, 6.07) is 12.1. The number of carbonyl (C=O) groups is 1. The molecule has 2 aromatic heterocycles. The Kier molecular flexibility index (Phi) is 3.73. The average molecular weight is 350 g/mol. The van der Waals surface area contributed by atoms with E-state index in [2.05, 4.69) is 25.6 Å². The van der Waals surface area contributed by atoms with Crippen molar-refractivity contribution in [1.29, 1.82) is 0 Å². The molecule has 8 nitrogen and oxygen atoms in total. The second kappa shape index (κ2) is 6.20. The minimum atomic E-state index is -1.00. The highest BCUT2D eigenvalue weighted by atomic mass is 19.1. The summed E-state index contributed by atoms with van der Waals surface area (Å²) in [5.74, 6) is -1.11. The summed E-state index contributed by atoms with van der Waals surface area (Å²) in [6.45, 7) is 0. The Hall–Kier alpha value is -3.88. The number of carboxylic acids is 1. The molecule has 2 aromatic carbocycles. The van der Waals surface area contributed by atoms with E-state index < -0.39 is 11.8 Å². The maximum Gasteiger partial charge on any atom is 0.335 e. The Morgan fingerprint density at radius 1 is 1.15 bits per heavy atom. The van der Waals surface area contributed by atoms with Crippen molar-refractivity contribution >= 4 is 28.8 Å². The third-order valence-corrected chi connectivity index (χ3v) is 3.63. The second-order valence-electron chi connectivity index (χ2n) is 5.39. The molecule has 4 rings (SSSR count). The van der Waals surface area contributed by atoms with Gasteiger partial charge >= 0.3 is 5.97 Å². The molecule has 0 atom stereocenters. The number of fused-ring (bicyclic) bond motifs is 1. The van der Waals surface area contributed by atoms with Crippen LogP contribution in [0.5, 0.6) is 0 Å². The molecule has 0 bridgehead atoms. The summed E-state index contributed by atoms with van der Waals surface area (Å²) >= 11 is 0. The van der Waals surface area contributed by atoms with Crippen molar-refractivity contribution < 1.29 is 14.3 Å². The average Bonchev–Trinajstić information content (AvgIpc) is 3.05. The summed E-state index contributed by atoms with van der Waals surface area (Å²) in [5, 5.41) is 19.9. The Bertz CT molecular complexity index is 1110. The maximum absolute atomic E-state index is 13.5. The lowest BCUT2D eigenvalue weighted by Crippen LogP contribution is -2.02. The third-order valence-electron chi connectivity index (χ3n) is 3.63. The van der Waals surface area contributed by atoms with Crippen LogP contribution in [-0.4, -0.2) is 36.0 Å². The van der Waals surface area contributed by atoms with Gasteiger partial charge in [-0.05, 0) is 42.5 Å². The van der Waals surface area contributed by atoms with Crippen molar-refractivity contribution in [2.24, 2.45) is 0 Å². The van der Waals surface area contributed by atoms with Gasteiger partial charge < -0.3 is 10.4 Å². The predicted octanol–water partition coefficient (Wildman–Crippen LogP) is 2.79. The van der Waals surface area contributed by atoms with Crippen LogP contribution in [0, 0.1) is 5.82 Å². The van der Waals surface area contributed by atoms with E-state index in [4.69, 9.17) is 5.11 Å². The van der Waals surface area contributed by atoms with Gasteiger partial charge in [0.15, 0.2) is 11.2 Å². The highest BCUT2D eigenvalue weighted by Crippen LogP contribution is 2.18.